The van der Waals surface area contributed by atoms with E-state index in [1.807, 2.05) is 0 Å². The highest BCUT2D eigenvalue weighted by Gasteiger charge is 2.13. The third-order valence-electron chi connectivity index (χ3n) is 1.66. The van der Waals surface area contributed by atoms with E-state index in [-0.39, 0.29) is 18.2 Å². The van der Waals surface area contributed by atoms with Crippen LogP contribution in [0.15, 0.2) is 0 Å². The van der Waals surface area contributed by atoms with Crippen LogP contribution >= 0.6 is 0 Å². The van der Waals surface area contributed by atoms with Crippen molar-refractivity contribution in [3.05, 3.63) is 0 Å². The van der Waals surface area contributed by atoms with Crippen molar-refractivity contribution in [3.63, 3.8) is 0 Å². The van der Waals surface area contributed by atoms with Crippen molar-refractivity contribution in [1.82, 2.24) is 10.6 Å². The van der Waals surface area contributed by atoms with E-state index in [1.54, 1.807) is 7.05 Å². The molecule has 5 heteroatoms. The van der Waals surface area contributed by atoms with E-state index in [0.29, 0.717) is 13.0 Å². The molecule has 0 spiro atoms. The minimum Gasteiger partial charge on any atom is -0.345 e. The standard InChI is InChI=1S/C8H17N3O2/c1-6(12)7(5-9)11-8(13)3-4-10-2/h7,10H,3-5,9H2,1-2H3,(H,11,13). The third kappa shape index (κ3) is 5.32. The van der Waals surface area contributed by atoms with E-state index >= 15 is 0 Å². The second-order valence-electron chi connectivity index (χ2n) is 2.82. The molecular formula is C8H17N3O2. The summed E-state index contributed by atoms with van der Waals surface area (Å²) >= 11 is 0. The maximum absolute atomic E-state index is 11.1. The molecule has 5 nitrogen and oxygen atoms in total. The Hall–Kier alpha value is -0.940. The van der Waals surface area contributed by atoms with Crippen molar-refractivity contribution in [2.75, 3.05) is 20.1 Å². The summed E-state index contributed by atoms with van der Waals surface area (Å²) in [5, 5.41) is 5.39. The van der Waals surface area contributed by atoms with Gasteiger partial charge in [0.15, 0.2) is 5.78 Å². The van der Waals surface area contributed by atoms with Crippen LogP contribution in [0.25, 0.3) is 0 Å². The first-order valence-corrected chi connectivity index (χ1v) is 4.26. The van der Waals surface area contributed by atoms with Crippen molar-refractivity contribution < 1.29 is 9.59 Å². The number of hydrogen-bond donors (Lipinski definition) is 3. The molecule has 0 aliphatic carbocycles. The molecule has 0 heterocycles. The summed E-state index contributed by atoms with van der Waals surface area (Å²) in [4.78, 5) is 22.0. The molecule has 13 heavy (non-hydrogen) atoms. The van der Waals surface area contributed by atoms with Gasteiger partial charge in [-0.2, -0.15) is 0 Å². The second kappa shape index (κ2) is 6.56. The average molecular weight is 187 g/mol. The summed E-state index contributed by atoms with van der Waals surface area (Å²) < 4.78 is 0. The molecular weight excluding hydrogens is 170 g/mol. The number of hydrogen-bond acceptors (Lipinski definition) is 4. The maximum Gasteiger partial charge on any atom is 0.221 e. The van der Waals surface area contributed by atoms with E-state index < -0.39 is 6.04 Å². The number of ketones is 1. The molecule has 0 rings (SSSR count). The van der Waals surface area contributed by atoms with Crippen molar-refractivity contribution in [2.24, 2.45) is 5.73 Å². The van der Waals surface area contributed by atoms with E-state index in [1.165, 1.54) is 6.92 Å². The van der Waals surface area contributed by atoms with Gasteiger partial charge in [-0.25, -0.2) is 0 Å². The monoisotopic (exact) mass is 187 g/mol. The molecule has 4 N–H and O–H groups in total. The molecule has 0 aliphatic rings. The van der Waals surface area contributed by atoms with Gasteiger partial charge in [0.1, 0.15) is 0 Å². The average Bonchev–Trinajstić information content (AvgIpc) is 2.10. The highest BCUT2D eigenvalue weighted by molar-refractivity contribution is 5.87. The van der Waals surface area contributed by atoms with Crippen molar-refractivity contribution in [3.8, 4) is 0 Å². The van der Waals surface area contributed by atoms with Crippen molar-refractivity contribution in [1.29, 1.82) is 0 Å². The van der Waals surface area contributed by atoms with Crippen LogP contribution in [0.3, 0.4) is 0 Å². The molecule has 1 amide bonds. The van der Waals surface area contributed by atoms with E-state index in [4.69, 9.17) is 5.73 Å². The SMILES string of the molecule is CNCCC(=O)NC(CN)C(C)=O. The molecule has 1 atom stereocenters. The van der Waals surface area contributed by atoms with Crippen molar-refractivity contribution >= 4 is 11.7 Å². The number of nitrogens with one attached hydrogen (secondary N) is 2. The molecule has 0 aromatic rings. The maximum atomic E-state index is 11.1. The first-order chi connectivity index (χ1) is 6.11. The molecule has 0 aromatic carbocycles. The Morgan fingerprint density at radius 3 is 2.46 bits per heavy atom. The number of carbonyl (C=O) groups excluding carboxylic acids is 2. The molecule has 0 saturated carbocycles. The van der Waals surface area contributed by atoms with Crippen LogP contribution in [0.2, 0.25) is 0 Å². The number of carbonyl (C=O) groups is 2. The lowest BCUT2D eigenvalue weighted by molar-refractivity contribution is -0.126. The fourth-order valence-electron chi connectivity index (χ4n) is 0.832. The van der Waals surface area contributed by atoms with Gasteiger partial charge < -0.3 is 16.4 Å². The Bertz CT molecular complexity index is 182. The number of nitrogens with two attached hydrogens (primary N) is 1. The lowest BCUT2D eigenvalue weighted by Gasteiger charge is -2.13. The highest BCUT2D eigenvalue weighted by Crippen LogP contribution is 1.85. The molecule has 0 aliphatic heterocycles. The summed E-state index contributed by atoms with van der Waals surface area (Å²) in [6.45, 7) is 2.16. The zero-order valence-electron chi connectivity index (χ0n) is 8.09. The first-order valence-electron chi connectivity index (χ1n) is 4.26. The summed E-state index contributed by atoms with van der Waals surface area (Å²) in [5.74, 6) is -0.264. The Balaban J connectivity index is 3.80. The zero-order valence-corrected chi connectivity index (χ0v) is 8.09. The van der Waals surface area contributed by atoms with Gasteiger partial charge in [0, 0.05) is 19.5 Å². The molecule has 0 bridgehead atoms. The van der Waals surface area contributed by atoms with Gasteiger partial charge in [-0.15, -0.1) is 0 Å². The van der Waals surface area contributed by atoms with Crippen LogP contribution in [-0.4, -0.2) is 37.9 Å². The predicted molar refractivity (Wildman–Crippen MR) is 50.2 cm³/mol. The van der Waals surface area contributed by atoms with Crippen LogP contribution in [0.5, 0.6) is 0 Å². The smallest absolute Gasteiger partial charge is 0.221 e. The predicted octanol–water partition coefficient (Wildman–Crippen LogP) is -1.37. The van der Waals surface area contributed by atoms with Gasteiger partial charge in [-0.1, -0.05) is 0 Å². The first kappa shape index (κ1) is 12.1. The van der Waals surface area contributed by atoms with Gasteiger partial charge >= 0.3 is 0 Å². The minimum atomic E-state index is -0.538. The van der Waals surface area contributed by atoms with Crippen LogP contribution < -0.4 is 16.4 Å². The molecule has 0 radical (unpaired) electrons. The van der Waals surface area contributed by atoms with E-state index in [2.05, 4.69) is 10.6 Å². The van der Waals surface area contributed by atoms with Crippen LogP contribution in [0.1, 0.15) is 13.3 Å². The Morgan fingerprint density at radius 1 is 1.46 bits per heavy atom. The van der Waals surface area contributed by atoms with E-state index in [9.17, 15) is 9.59 Å². The summed E-state index contributed by atoms with van der Waals surface area (Å²) in [6, 6.07) is -0.538. The van der Waals surface area contributed by atoms with Crippen LogP contribution in [0, 0.1) is 0 Å². The highest BCUT2D eigenvalue weighted by atomic mass is 16.2. The molecule has 0 saturated heterocycles. The molecule has 76 valence electrons. The normalized spacial score (nSPS) is 12.2. The van der Waals surface area contributed by atoms with Gasteiger partial charge in [-0.3, -0.25) is 9.59 Å². The van der Waals surface area contributed by atoms with Crippen LogP contribution in [0.4, 0.5) is 0 Å². The van der Waals surface area contributed by atoms with E-state index in [0.717, 1.165) is 0 Å². The zero-order chi connectivity index (χ0) is 10.3. The van der Waals surface area contributed by atoms with Gasteiger partial charge in [0.25, 0.3) is 0 Å². The summed E-state index contributed by atoms with van der Waals surface area (Å²) in [5.41, 5.74) is 5.30. The Kier molecular flexibility index (Phi) is 6.09. The Labute approximate surface area is 78.1 Å². The fraction of sp³-hybridized carbons (Fsp3) is 0.750. The number of Topliss-reactive ketones (excluding diaryl/α,β-unsaturated/α-hetero) is 1. The summed E-state index contributed by atoms with van der Waals surface area (Å²) in [7, 11) is 1.76. The van der Waals surface area contributed by atoms with Gasteiger partial charge in [0.2, 0.25) is 5.91 Å². The third-order valence-corrected chi connectivity index (χ3v) is 1.66. The quantitative estimate of drug-likeness (QED) is 0.479. The van der Waals surface area contributed by atoms with Gasteiger partial charge in [0.05, 0.1) is 6.04 Å². The largest absolute Gasteiger partial charge is 0.345 e. The molecule has 0 aromatic heterocycles. The number of rotatable bonds is 6. The van der Waals surface area contributed by atoms with Crippen LogP contribution in [-0.2, 0) is 9.59 Å². The molecule has 1 unspecified atom stereocenters. The lowest BCUT2D eigenvalue weighted by Crippen LogP contribution is -2.45. The molecule has 0 fully saturated rings. The van der Waals surface area contributed by atoms with Crippen molar-refractivity contribution in [2.45, 2.75) is 19.4 Å². The Morgan fingerprint density at radius 2 is 2.08 bits per heavy atom. The number of amides is 1. The van der Waals surface area contributed by atoms with Gasteiger partial charge in [-0.05, 0) is 14.0 Å². The fourth-order valence-corrected chi connectivity index (χ4v) is 0.832. The topological polar surface area (TPSA) is 84.2 Å². The lowest BCUT2D eigenvalue weighted by atomic mass is 10.2. The minimum absolute atomic E-state index is 0.111. The second-order valence-corrected chi connectivity index (χ2v) is 2.82. The summed E-state index contributed by atoms with van der Waals surface area (Å²) in [6.07, 6.45) is 0.361.